The van der Waals surface area contributed by atoms with Crippen molar-refractivity contribution in [3.63, 3.8) is 0 Å². The van der Waals surface area contributed by atoms with Gasteiger partial charge in [0.2, 0.25) is 0 Å². The molecule has 0 amide bonds. The standard InChI is InChI=1S/C75H106O10/c1-46-41-80-67(51(6)48(46)3)84-64-52(7)59(38-54-24-18-15-19-25-54)81-69(66(64)85-68-65(79-43-56-28-22-17-23-29-56)50(5)49(4)60(82-68)44-78-42-55-26-20-16-21-27-55)83-63-33-34-71(11)61(72(63,12)45-76)32-35-73(13)62(71)31-30-57-58-40-70(9,10)36-37-75(58,53(8)77)47(2)39-74(57,73)14/h15-30,45-52,58-69H,31-44H2,1-14H3/t46-,47-,48+,49-,50+,51?,52-,58?,59?,60?,61-,62?,63+,64+,65?,66?,67+,68+,69+,71?,72?,73?,74?,75-/m1/s1. The number of fused-ring (bicyclic) bond motifs is 7. The number of hydrogen-bond acceptors (Lipinski definition) is 10. The number of hydrogen-bond donors (Lipinski definition) is 0. The van der Waals surface area contributed by atoms with Crippen molar-refractivity contribution < 1.29 is 47.5 Å². The molecule has 10 heteroatoms. The Morgan fingerprint density at radius 2 is 1.24 bits per heavy atom. The van der Waals surface area contributed by atoms with Gasteiger partial charge < -0.3 is 42.7 Å². The molecule has 0 radical (unpaired) electrons. The molecule has 466 valence electrons. The van der Waals surface area contributed by atoms with Crippen molar-refractivity contribution in [3.8, 4) is 0 Å². The second-order valence-corrected chi connectivity index (χ2v) is 30.8. The van der Waals surface area contributed by atoms with Gasteiger partial charge in [0.25, 0.3) is 0 Å². The molecule has 3 aromatic rings. The van der Waals surface area contributed by atoms with Crippen LogP contribution in [0.4, 0.5) is 0 Å². The Kier molecular flexibility index (Phi) is 18.3. The van der Waals surface area contributed by atoms with E-state index in [1.54, 1.807) is 5.57 Å². The summed E-state index contributed by atoms with van der Waals surface area (Å²) < 4.78 is 58.0. The first-order valence-corrected chi connectivity index (χ1v) is 33.4. The number of carbonyl (C=O) groups excluding carboxylic acids is 2. The van der Waals surface area contributed by atoms with Crippen LogP contribution < -0.4 is 0 Å². The molecular weight excluding hydrogens is 1060 g/mol. The molecule has 3 aromatic carbocycles. The summed E-state index contributed by atoms with van der Waals surface area (Å²) in [6.07, 6.45) is 7.97. The van der Waals surface area contributed by atoms with Gasteiger partial charge in [0.1, 0.15) is 24.3 Å². The molecule has 5 aliphatic carbocycles. The van der Waals surface area contributed by atoms with Crippen molar-refractivity contribution in [2.24, 2.45) is 91.7 Å². The quantitative estimate of drug-likeness (QED) is 0.0736. The molecule has 24 atom stereocenters. The third-order valence-corrected chi connectivity index (χ3v) is 25.7. The zero-order chi connectivity index (χ0) is 60.4. The highest BCUT2D eigenvalue weighted by molar-refractivity contribution is 5.84. The summed E-state index contributed by atoms with van der Waals surface area (Å²) in [6, 6.07) is 31.2. The fourth-order valence-electron chi connectivity index (χ4n) is 19.5. The van der Waals surface area contributed by atoms with Gasteiger partial charge in [-0.2, -0.15) is 0 Å². The second-order valence-electron chi connectivity index (χ2n) is 30.8. The molecule has 11 rings (SSSR count). The topological polar surface area (TPSA) is 108 Å². The van der Waals surface area contributed by atoms with Crippen LogP contribution in [-0.2, 0) is 67.1 Å². The second kappa shape index (κ2) is 24.7. The average molecular weight is 1170 g/mol. The minimum atomic E-state index is -0.947. The van der Waals surface area contributed by atoms with Crippen LogP contribution in [0.15, 0.2) is 103 Å². The Bertz CT molecular complexity index is 2790. The van der Waals surface area contributed by atoms with E-state index < -0.39 is 48.7 Å². The van der Waals surface area contributed by atoms with Gasteiger partial charge in [-0.1, -0.05) is 193 Å². The molecular formula is C75H106O10. The smallest absolute Gasteiger partial charge is 0.187 e. The summed E-state index contributed by atoms with van der Waals surface area (Å²) in [7, 11) is 0. The molecule has 0 aromatic heterocycles. The number of allylic oxidation sites excluding steroid dienone is 2. The largest absolute Gasteiger partial charge is 0.374 e. The van der Waals surface area contributed by atoms with E-state index in [2.05, 4.69) is 151 Å². The lowest BCUT2D eigenvalue weighted by Gasteiger charge is -2.72. The number of Topliss-reactive ketones (excluding diaryl/α,β-unsaturated/α-hetero) is 1. The van der Waals surface area contributed by atoms with Crippen LogP contribution in [0.25, 0.3) is 0 Å². The molecule has 0 N–H and O–H groups in total. The SMILES string of the molecule is CC(=O)[C@]12CCC(C)(C)CC1C1=CCC3C4(C)CC[C@H](O[C@@H]5OC(Cc6ccccc6)[C@@H](C)[C@H](O[C@@H]6OC[C@@H](C)[C@H](C)C6C)C5O[C@@H]5OC(COCc6ccccc6)[C@H](C)[C@H](C)C5OCc5ccccc5)C(C)(C=O)[C@@H]4CCC3(C)C1(C)C[C@H]2C. The Morgan fingerprint density at radius 3 is 1.89 bits per heavy atom. The summed E-state index contributed by atoms with van der Waals surface area (Å²) in [5.41, 5.74) is 3.72. The van der Waals surface area contributed by atoms with E-state index >= 15 is 0 Å². The predicted molar refractivity (Wildman–Crippen MR) is 333 cm³/mol. The summed E-state index contributed by atoms with van der Waals surface area (Å²) in [6.45, 7) is 34.5. The first-order valence-electron chi connectivity index (χ1n) is 33.4. The number of rotatable bonds is 17. The Balaban J connectivity index is 0.946. The Hall–Kier alpha value is -3.58. The monoisotopic (exact) mass is 1170 g/mol. The van der Waals surface area contributed by atoms with E-state index in [9.17, 15) is 9.59 Å². The molecule has 7 fully saturated rings. The summed E-state index contributed by atoms with van der Waals surface area (Å²) in [5, 5.41) is 0. The third kappa shape index (κ3) is 11.4. The minimum Gasteiger partial charge on any atom is -0.374 e. The van der Waals surface area contributed by atoms with E-state index in [4.69, 9.17) is 37.9 Å². The van der Waals surface area contributed by atoms with Crippen molar-refractivity contribution in [1.29, 1.82) is 0 Å². The van der Waals surface area contributed by atoms with Gasteiger partial charge in [0.15, 0.2) is 18.9 Å². The number of ketones is 1. The van der Waals surface area contributed by atoms with Crippen molar-refractivity contribution in [2.75, 3.05) is 13.2 Å². The van der Waals surface area contributed by atoms with Crippen LogP contribution in [0.5, 0.6) is 0 Å². The molecule has 3 heterocycles. The van der Waals surface area contributed by atoms with Gasteiger partial charge in [-0.15, -0.1) is 0 Å². The number of aldehydes is 1. The highest BCUT2D eigenvalue weighted by Crippen LogP contribution is 2.77. The lowest BCUT2D eigenvalue weighted by Crippen LogP contribution is -2.67. The lowest BCUT2D eigenvalue weighted by atomic mass is 9.32. The van der Waals surface area contributed by atoms with Crippen LogP contribution in [0.3, 0.4) is 0 Å². The van der Waals surface area contributed by atoms with E-state index in [0.29, 0.717) is 68.7 Å². The predicted octanol–water partition coefficient (Wildman–Crippen LogP) is 15.6. The maximum atomic E-state index is 14.6. The third-order valence-electron chi connectivity index (χ3n) is 25.7. The zero-order valence-corrected chi connectivity index (χ0v) is 54.3. The van der Waals surface area contributed by atoms with Crippen molar-refractivity contribution >= 4 is 12.1 Å². The fourth-order valence-corrected chi connectivity index (χ4v) is 19.5. The zero-order valence-electron chi connectivity index (χ0n) is 54.3. The van der Waals surface area contributed by atoms with Crippen LogP contribution in [0.2, 0.25) is 0 Å². The van der Waals surface area contributed by atoms with E-state index in [1.807, 2.05) is 43.3 Å². The summed E-state index contributed by atoms with van der Waals surface area (Å²) in [4.78, 5) is 28.7. The van der Waals surface area contributed by atoms with Gasteiger partial charge in [-0.25, -0.2) is 0 Å². The maximum Gasteiger partial charge on any atom is 0.187 e. The molecule has 85 heavy (non-hydrogen) atoms. The van der Waals surface area contributed by atoms with Gasteiger partial charge in [-0.3, -0.25) is 4.79 Å². The number of ether oxygens (including phenoxy) is 8. The average Bonchev–Trinajstić information content (AvgIpc) is 0.802. The van der Waals surface area contributed by atoms with Gasteiger partial charge in [0, 0.05) is 17.3 Å². The minimum absolute atomic E-state index is 0.00525. The van der Waals surface area contributed by atoms with Crippen LogP contribution in [0, 0.1) is 91.7 Å². The van der Waals surface area contributed by atoms with Crippen LogP contribution in [0.1, 0.15) is 171 Å². The molecule has 11 unspecified atom stereocenters. The van der Waals surface area contributed by atoms with Crippen molar-refractivity contribution in [1.82, 2.24) is 0 Å². The molecule has 4 saturated carbocycles. The molecule has 8 aliphatic rings. The van der Waals surface area contributed by atoms with Gasteiger partial charge in [-0.05, 0) is 157 Å². The van der Waals surface area contributed by atoms with Crippen LogP contribution >= 0.6 is 0 Å². The molecule has 10 nitrogen and oxygen atoms in total. The summed E-state index contributed by atoms with van der Waals surface area (Å²) >= 11 is 0. The maximum absolute atomic E-state index is 14.6. The van der Waals surface area contributed by atoms with Gasteiger partial charge in [0.05, 0.1) is 56.3 Å². The number of benzene rings is 3. The first-order chi connectivity index (χ1) is 40.5. The summed E-state index contributed by atoms with van der Waals surface area (Å²) in [5.74, 6) is 2.10. The van der Waals surface area contributed by atoms with E-state index in [0.717, 1.165) is 68.1 Å². The fraction of sp³-hybridized carbons (Fsp3) is 0.707. The molecule has 3 saturated heterocycles. The number of carbonyl (C=O) groups is 2. The van der Waals surface area contributed by atoms with Crippen LogP contribution in [-0.4, -0.2) is 80.8 Å². The van der Waals surface area contributed by atoms with E-state index in [1.165, 1.54) is 6.29 Å². The first kappa shape index (κ1) is 63.0. The lowest BCUT2D eigenvalue weighted by molar-refractivity contribution is -0.384. The Morgan fingerprint density at radius 1 is 0.612 bits per heavy atom. The highest BCUT2D eigenvalue weighted by atomic mass is 16.8. The van der Waals surface area contributed by atoms with Gasteiger partial charge >= 0.3 is 0 Å². The van der Waals surface area contributed by atoms with Crippen molar-refractivity contribution in [2.45, 2.75) is 230 Å². The van der Waals surface area contributed by atoms with E-state index in [-0.39, 0.29) is 74.8 Å². The van der Waals surface area contributed by atoms with Crippen molar-refractivity contribution in [3.05, 3.63) is 119 Å². The normalized spacial score (nSPS) is 45.0. The Labute approximate surface area is 511 Å². The molecule has 3 aliphatic heterocycles. The molecule has 0 spiro atoms. The highest BCUT2D eigenvalue weighted by Gasteiger charge is 2.71. The molecule has 0 bridgehead atoms.